The molecule has 0 radical (unpaired) electrons. The second-order valence-electron chi connectivity index (χ2n) is 18.6. The lowest BCUT2D eigenvalue weighted by Crippen LogP contribution is -2.52. The average molecular weight is 912 g/mol. The van der Waals surface area contributed by atoms with Gasteiger partial charge >= 0.3 is 6.16 Å². The zero-order chi connectivity index (χ0) is 43.8. The Morgan fingerprint density at radius 1 is 1.07 bits per heavy atom. The van der Waals surface area contributed by atoms with E-state index in [0.29, 0.717) is 12.8 Å². The van der Waals surface area contributed by atoms with Gasteiger partial charge in [-0.2, -0.15) is 0 Å². The number of carbonyl (C=O) groups excluding carboxylic acids is 2. The smallest absolute Gasteiger partial charge is 0.430 e. The van der Waals surface area contributed by atoms with Gasteiger partial charge in [-0.3, -0.25) is 4.79 Å². The monoisotopic (exact) mass is 909 g/mol. The van der Waals surface area contributed by atoms with Crippen molar-refractivity contribution in [3.63, 3.8) is 0 Å². The zero-order valence-electron chi connectivity index (χ0n) is 37.6. The van der Waals surface area contributed by atoms with Crippen molar-refractivity contribution in [2.24, 2.45) is 17.3 Å². The number of epoxide rings is 1. The molecule has 0 aromatic carbocycles. The molecule has 2 heterocycles. The quantitative estimate of drug-likeness (QED) is 0.0333. The van der Waals surface area contributed by atoms with E-state index in [1.54, 1.807) is 17.4 Å². The first kappa shape index (κ1) is 52.4. The lowest BCUT2D eigenvalue weighted by molar-refractivity contribution is -0.141. The molecule has 0 spiro atoms. The van der Waals surface area contributed by atoms with Crippen molar-refractivity contribution in [2.75, 3.05) is 6.61 Å². The van der Waals surface area contributed by atoms with Crippen LogP contribution >= 0.6 is 46.1 Å². The molecule has 2 rings (SSSR count). The highest BCUT2D eigenvalue weighted by molar-refractivity contribution is 7.09. The maximum atomic E-state index is 14.6. The van der Waals surface area contributed by atoms with E-state index in [9.17, 15) is 9.59 Å². The summed E-state index contributed by atoms with van der Waals surface area (Å²) >= 11 is 19.3. The minimum Gasteiger partial charge on any atom is -0.430 e. The van der Waals surface area contributed by atoms with Crippen LogP contribution in [0.4, 0.5) is 4.79 Å². The first-order chi connectivity index (χ1) is 26.1. The molecule has 1 aromatic rings. The van der Waals surface area contributed by atoms with Crippen molar-refractivity contribution in [3.05, 3.63) is 34.3 Å². The molecule has 1 aliphatic heterocycles. The van der Waals surface area contributed by atoms with Gasteiger partial charge in [0, 0.05) is 17.2 Å². The molecular weight excluding hydrogens is 837 g/mol. The van der Waals surface area contributed by atoms with Crippen LogP contribution in [0.2, 0.25) is 36.3 Å². The summed E-state index contributed by atoms with van der Waals surface area (Å²) in [6, 6.07) is 3.20. The van der Waals surface area contributed by atoms with Crippen molar-refractivity contribution < 1.29 is 32.7 Å². The van der Waals surface area contributed by atoms with Crippen molar-refractivity contribution in [1.82, 2.24) is 4.98 Å². The number of aryl methyl sites for hydroxylation is 1. The number of ether oxygens (including phenoxy) is 3. The summed E-state index contributed by atoms with van der Waals surface area (Å²) < 4.78 is 29.7. The number of nitrogens with zero attached hydrogens (tertiary/aromatic N) is 1. The summed E-state index contributed by atoms with van der Waals surface area (Å²) in [6.07, 6.45) is 5.34. The molecule has 328 valence electrons. The summed E-state index contributed by atoms with van der Waals surface area (Å²) in [5, 5.41) is 3.08. The van der Waals surface area contributed by atoms with Gasteiger partial charge in [-0.05, 0) is 93.9 Å². The Balaban J connectivity index is 2.28. The van der Waals surface area contributed by atoms with Gasteiger partial charge in [-0.15, -0.1) is 17.9 Å². The van der Waals surface area contributed by atoms with Crippen molar-refractivity contribution in [3.8, 4) is 0 Å². The predicted molar refractivity (Wildman–Crippen MR) is 245 cm³/mol. The normalized spacial score (nSPS) is 21.0. The molecule has 0 aliphatic carbocycles. The van der Waals surface area contributed by atoms with Gasteiger partial charge in [-0.1, -0.05) is 117 Å². The summed E-state index contributed by atoms with van der Waals surface area (Å²) in [5.74, 6) is -0.946. The molecule has 1 aromatic heterocycles. The number of hydrogen-bond donors (Lipinski definition) is 0. The number of hydrogen-bond acceptors (Lipinski definition) is 9. The van der Waals surface area contributed by atoms with Gasteiger partial charge in [0.1, 0.15) is 18.5 Å². The van der Waals surface area contributed by atoms with Crippen LogP contribution < -0.4 is 0 Å². The molecule has 0 amide bonds. The zero-order valence-corrected chi connectivity index (χ0v) is 42.7. The highest BCUT2D eigenvalue weighted by Crippen LogP contribution is 2.46. The fraction of sp³-hybridized carbons (Fsp3) is 0.791. The number of Topliss-reactive ketones (excluding diaryl/α,β-unsaturated/α-hetero) is 1. The van der Waals surface area contributed by atoms with Crippen LogP contribution in [0.5, 0.6) is 0 Å². The highest BCUT2D eigenvalue weighted by Gasteiger charge is 2.53. The van der Waals surface area contributed by atoms with Crippen LogP contribution in [0, 0.1) is 24.2 Å². The highest BCUT2D eigenvalue weighted by atomic mass is 35.6. The third-order valence-corrected chi connectivity index (χ3v) is 23.0. The van der Waals surface area contributed by atoms with E-state index in [4.69, 9.17) is 57.9 Å². The summed E-state index contributed by atoms with van der Waals surface area (Å²) in [5.41, 5.74) is 0.922. The molecule has 0 N–H and O–H groups in total. The molecule has 1 aliphatic rings. The lowest BCUT2D eigenvalue weighted by atomic mass is 9.73. The first-order valence-corrected chi connectivity index (χ1v) is 28.2. The Morgan fingerprint density at radius 3 is 2.16 bits per heavy atom. The van der Waals surface area contributed by atoms with Gasteiger partial charge in [0.15, 0.2) is 16.6 Å². The predicted octanol–water partition coefficient (Wildman–Crippen LogP) is 13.7. The minimum absolute atomic E-state index is 0.0449. The SMILES string of the molecule is C=CC[C@H](O[Si](C)(C)C(C)(C)C)C(C)(C)C(=O)[C@H](C)[C@@H](OC(=O)OCC(Cl)(Cl)Cl)[C@@H](C)CCC[C@@]1(C)O[C@H]1C[C@H](O[Si](CC)(CC)CC)/C(C)=C/c1csc(C)n1. The number of rotatable bonds is 24. The van der Waals surface area contributed by atoms with E-state index in [0.717, 1.165) is 48.1 Å². The van der Waals surface area contributed by atoms with Crippen molar-refractivity contribution in [2.45, 2.75) is 192 Å². The summed E-state index contributed by atoms with van der Waals surface area (Å²) in [4.78, 5) is 32.3. The molecule has 0 bridgehead atoms. The first-order valence-electron chi connectivity index (χ1n) is 20.8. The van der Waals surface area contributed by atoms with Crippen LogP contribution in [0.25, 0.3) is 6.08 Å². The molecule has 57 heavy (non-hydrogen) atoms. The van der Waals surface area contributed by atoms with E-state index < -0.39 is 56.7 Å². The number of alkyl halides is 3. The number of thiazole rings is 1. The van der Waals surface area contributed by atoms with E-state index >= 15 is 0 Å². The molecule has 1 saturated heterocycles. The van der Waals surface area contributed by atoms with Crippen LogP contribution in [0.3, 0.4) is 0 Å². The summed E-state index contributed by atoms with van der Waals surface area (Å²) in [6.45, 7) is 35.2. The average Bonchev–Trinajstić information content (AvgIpc) is 3.56. The molecule has 7 atom stereocenters. The number of halogens is 3. The molecule has 1 fully saturated rings. The maximum Gasteiger partial charge on any atom is 0.508 e. The molecule has 0 unspecified atom stereocenters. The second kappa shape index (κ2) is 21.3. The van der Waals surface area contributed by atoms with Gasteiger partial charge < -0.3 is 23.1 Å². The third-order valence-electron chi connectivity index (χ3n) is 12.8. The van der Waals surface area contributed by atoms with E-state index in [2.05, 4.69) is 91.5 Å². The largest absolute Gasteiger partial charge is 0.508 e. The van der Waals surface area contributed by atoms with Crippen LogP contribution in [-0.4, -0.2) is 74.0 Å². The lowest BCUT2D eigenvalue weighted by Gasteiger charge is -2.44. The fourth-order valence-electron chi connectivity index (χ4n) is 7.41. The van der Waals surface area contributed by atoms with Crippen LogP contribution in [0.15, 0.2) is 23.6 Å². The van der Waals surface area contributed by atoms with E-state index in [1.807, 2.05) is 34.6 Å². The standard InChI is InChI=1S/C43H74Cl3NO7SSi2/c1-17-22-35(54-56(15,16)40(9,10)11)41(12,13)38(48)31(7)37(51-39(49)50-28-43(44,45)46)29(5)23-21-24-42(14)36(52-42)26-34(53-57(18-2,19-3)20-4)30(6)25-33-27-55-32(8)47-33/h17,25,27,29,31,34-37H,1,18-24,26,28H2,2-16H3/b30-25+/t29-,31+,34-,35-,36-,37-,42+/m0/s1. The molecule has 8 nitrogen and oxygen atoms in total. The maximum absolute atomic E-state index is 14.6. The van der Waals surface area contributed by atoms with Crippen LogP contribution in [0.1, 0.15) is 126 Å². The Bertz CT molecular complexity index is 1500. The van der Waals surface area contributed by atoms with Gasteiger partial charge in [0.25, 0.3) is 0 Å². The number of ketones is 1. The summed E-state index contributed by atoms with van der Waals surface area (Å²) in [7, 11) is -4.17. The third kappa shape index (κ3) is 15.3. The Morgan fingerprint density at radius 2 is 1.67 bits per heavy atom. The van der Waals surface area contributed by atoms with Crippen molar-refractivity contribution in [1.29, 1.82) is 0 Å². The molecular formula is C43H74Cl3NO7SSi2. The number of carbonyl (C=O) groups is 2. The Kier molecular flexibility index (Phi) is 19.6. The number of aromatic nitrogens is 1. The van der Waals surface area contributed by atoms with E-state index in [1.165, 1.54) is 5.57 Å². The minimum atomic E-state index is -2.25. The molecule has 14 heteroatoms. The van der Waals surface area contributed by atoms with Gasteiger partial charge in [-0.25, -0.2) is 9.78 Å². The van der Waals surface area contributed by atoms with Gasteiger partial charge in [0.2, 0.25) is 3.79 Å². The Labute approximate surface area is 366 Å². The fourth-order valence-corrected chi connectivity index (χ4v) is 12.5. The van der Waals surface area contributed by atoms with Crippen molar-refractivity contribution >= 4 is 80.8 Å². The molecule has 0 saturated carbocycles. The Hall–Kier alpha value is -0.766. The van der Waals surface area contributed by atoms with Crippen LogP contribution in [-0.2, 0) is 27.9 Å². The van der Waals surface area contributed by atoms with E-state index in [-0.39, 0.29) is 34.5 Å². The van der Waals surface area contributed by atoms with Gasteiger partial charge in [0.05, 0.1) is 40.5 Å². The second-order valence-corrected chi connectivity index (χ2v) is 31.6. The topological polar surface area (TPSA) is 96.5 Å².